The van der Waals surface area contributed by atoms with Crippen LogP contribution in [0.1, 0.15) is 22.8 Å². The van der Waals surface area contributed by atoms with Crippen LogP contribution in [0.5, 0.6) is 17.2 Å². The second kappa shape index (κ2) is 18.9. The molecule has 14 nitrogen and oxygen atoms in total. The molecule has 0 spiro atoms. The quantitative estimate of drug-likeness (QED) is 0.0441. The van der Waals surface area contributed by atoms with Gasteiger partial charge in [-0.3, -0.25) is 24.8 Å². The highest BCUT2D eigenvalue weighted by Crippen LogP contribution is 2.37. The van der Waals surface area contributed by atoms with E-state index in [4.69, 9.17) is 14.2 Å². The highest BCUT2D eigenvalue weighted by atomic mass is 32.2. The zero-order valence-corrected chi connectivity index (χ0v) is 33.5. The van der Waals surface area contributed by atoms with E-state index in [1.165, 1.54) is 12.1 Å². The minimum Gasteiger partial charge on any atom is -0.496 e. The van der Waals surface area contributed by atoms with Gasteiger partial charge >= 0.3 is 0 Å². The van der Waals surface area contributed by atoms with Gasteiger partial charge in [0.05, 0.1) is 42.4 Å². The second-order valence-electron chi connectivity index (χ2n) is 13.0. The number of nitro benzene ring substituents is 1. The molecular formula is C41H44N6O8S2. The van der Waals surface area contributed by atoms with Crippen LogP contribution in [0.25, 0.3) is 11.1 Å². The number of thioether (sulfide) groups is 1. The highest BCUT2D eigenvalue weighted by Gasteiger charge is 2.25. The third kappa shape index (κ3) is 10.3. The molecule has 1 amide bonds. The lowest BCUT2D eigenvalue weighted by molar-refractivity contribution is -0.384. The van der Waals surface area contributed by atoms with Crippen LogP contribution < -0.4 is 29.1 Å². The second-order valence-corrected chi connectivity index (χ2v) is 15.8. The Labute approximate surface area is 336 Å². The van der Waals surface area contributed by atoms with E-state index in [0.29, 0.717) is 55.8 Å². The van der Waals surface area contributed by atoms with E-state index >= 15 is 0 Å². The van der Waals surface area contributed by atoms with Crippen molar-refractivity contribution >= 4 is 44.8 Å². The van der Waals surface area contributed by atoms with Gasteiger partial charge in [-0.1, -0.05) is 18.2 Å². The number of nitro groups is 1. The number of methoxy groups -OCH3 is 2. The average Bonchev–Trinajstić information content (AvgIpc) is 3.23. The molecule has 0 bridgehead atoms. The summed E-state index contributed by atoms with van der Waals surface area (Å²) in [7, 11) is -1.13. The first kappa shape index (κ1) is 40.8. The van der Waals surface area contributed by atoms with Gasteiger partial charge in [-0.15, -0.1) is 11.8 Å². The Morgan fingerprint density at radius 1 is 0.895 bits per heavy atom. The van der Waals surface area contributed by atoms with Gasteiger partial charge in [0.2, 0.25) is 0 Å². The molecule has 1 saturated heterocycles. The molecule has 1 aromatic heterocycles. The summed E-state index contributed by atoms with van der Waals surface area (Å²) >= 11 is 1.59. The fourth-order valence-corrected chi connectivity index (χ4v) is 8.21. The number of aromatic nitrogens is 1. The molecule has 1 fully saturated rings. The lowest BCUT2D eigenvalue weighted by Gasteiger charge is -2.36. The van der Waals surface area contributed by atoms with Crippen LogP contribution in [0, 0.1) is 10.1 Å². The predicted molar refractivity (Wildman–Crippen MR) is 221 cm³/mol. The number of pyridine rings is 1. The van der Waals surface area contributed by atoms with Crippen molar-refractivity contribution in [1.82, 2.24) is 14.6 Å². The van der Waals surface area contributed by atoms with Gasteiger partial charge in [-0.05, 0) is 79.2 Å². The Balaban J connectivity index is 1.04. The normalized spacial score (nSPS) is 13.1. The van der Waals surface area contributed by atoms with Crippen molar-refractivity contribution in [3.8, 4) is 28.4 Å². The summed E-state index contributed by atoms with van der Waals surface area (Å²) in [5.41, 5.74) is 3.52. The maximum Gasteiger partial charge on any atom is 0.293 e. The number of hydrogen-bond donors (Lipinski definition) is 2. The van der Waals surface area contributed by atoms with E-state index in [1.807, 2.05) is 60.2 Å². The maximum atomic E-state index is 13.2. The Hall–Kier alpha value is -5.84. The molecule has 2 N–H and O–H groups in total. The molecule has 0 atom stereocenters. The molecule has 0 saturated carbocycles. The topological polar surface area (TPSA) is 165 Å². The zero-order chi connectivity index (χ0) is 40.4. The first-order chi connectivity index (χ1) is 27.6. The van der Waals surface area contributed by atoms with Crippen molar-refractivity contribution in [2.45, 2.75) is 23.3 Å². The zero-order valence-electron chi connectivity index (χ0n) is 31.8. The SMILES string of the molecule is CCOc1cncc(-c2cc(OC)c(CN3CCN(c4ccc(C(=O)NS(=O)(=O)c5ccc(NCCSc6ccccc6)c([N+](=O)[O-])c5)cc4)CC3)c(OC)c2)c1. The van der Waals surface area contributed by atoms with E-state index in [1.54, 1.807) is 62.6 Å². The standard InChI is InChI=1S/C41H44N6O8S2/c1-4-55-33-22-31(26-42-27-33)30-23-39(53-2)36(40(24-30)54-3)28-45-17-19-46(20-18-45)32-12-10-29(11-13-32)41(48)44-57(51,52)35-14-15-37(38(25-35)47(49)50)43-16-21-56-34-8-6-5-7-9-34/h5-15,22-27,43H,4,16-21,28H2,1-3H3,(H,44,48). The molecule has 57 heavy (non-hydrogen) atoms. The molecule has 5 aromatic rings. The summed E-state index contributed by atoms with van der Waals surface area (Å²) in [6, 6.07) is 25.8. The van der Waals surface area contributed by atoms with Gasteiger partial charge in [-0.25, -0.2) is 13.1 Å². The fourth-order valence-electron chi connectivity index (χ4n) is 6.43. The number of nitrogens with zero attached hydrogens (tertiary/aromatic N) is 4. The van der Waals surface area contributed by atoms with Crippen LogP contribution in [0.2, 0.25) is 0 Å². The summed E-state index contributed by atoms with van der Waals surface area (Å²) in [5.74, 6) is 1.90. The first-order valence-corrected chi connectivity index (χ1v) is 20.7. The molecule has 1 aliphatic heterocycles. The monoisotopic (exact) mass is 812 g/mol. The van der Waals surface area contributed by atoms with Crippen molar-refractivity contribution in [2.24, 2.45) is 0 Å². The number of piperazine rings is 1. The molecule has 6 rings (SSSR count). The predicted octanol–water partition coefficient (Wildman–Crippen LogP) is 6.72. The van der Waals surface area contributed by atoms with E-state index in [9.17, 15) is 23.3 Å². The Kier molecular flexibility index (Phi) is 13.5. The summed E-state index contributed by atoms with van der Waals surface area (Å²) < 4.78 is 45.7. The summed E-state index contributed by atoms with van der Waals surface area (Å²) in [6.07, 6.45) is 3.46. The summed E-state index contributed by atoms with van der Waals surface area (Å²) in [4.78, 5) is 33.8. The summed E-state index contributed by atoms with van der Waals surface area (Å²) in [6.45, 7) is 6.43. The molecule has 0 unspecified atom stereocenters. The van der Waals surface area contributed by atoms with Gasteiger partial charge in [0.15, 0.2) is 0 Å². The van der Waals surface area contributed by atoms with E-state index in [2.05, 4.69) is 20.1 Å². The number of ether oxygens (including phenoxy) is 3. The summed E-state index contributed by atoms with van der Waals surface area (Å²) in [5, 5.41) is 14.9. The molecule has 298 valence electrons. The van der Waals surface area contributed by atoms with E-state index < -0.39 is 31.4 Å². The van der Waals surface area contributed by atoms with Crippen molar-refractivity contribution in [1.29, 1.82) is 0 Å². The molecule has 2 heterocycles. The van der Waals surface area contributed by atoms with E-state index in [0.717, 1.165) is 46.4 Å². The average molecular weight is 813 g/mol. The van der Waals surface area contributed by atoms with E-state index in [-0.39, 0.29) is 11.3 Å². The van der Waals surface area contributed by atoms with Crippen LogP contribution >= 0.6 is 11.8 Å². The Morgan fingerprint density at radius 3 is 2.25 bits per heavy atom. The maximum absolute atomic E-state index is 13.2. The van der Waals surface area contributed by atoms with Crippen LogP contribution in [0.4, 0.5) is 17.1 Å². The van der Waals surface area contributed by atoms with Gasteiger partial charge in [-0.2, -0.15) is 0 Å². The molecule has 0 radical (unpaired) electrons. The number of anilines is 2. The number of nitrogens with one attached hydrogen (secondary N) is 2. The largest absolute Gasteiger partial charge is 0.496 e. The molecular weight excluding hydrogens is 769 g/mol. The van der Waals surface area contributed by atoms with Gasteiger partial charge < -0.3 is 24.4 Å². The third-order valence-electron chi connectivity index (χ3n) is 9.35. The number of amides is 1. The van der Waals surface area contributed by atoms with Crippen molar-refractivity contribution in [3.63, 3.8) is 0 Å². The number of carbonyl (C=O) groups is 1. The van der Waals surface area contributed by atoms with Crippen LogP contribution in [-0.2, 0) is 16.6 Å². The number of hydrogen-bond acceptors (Lipinski definition) is 13. The van der Waals surface area contributed by atoms with Crippen LogP contribution in [-0.4, -0.2) is 88.4 Å². The molecule has 16 heteroatoms. The van der Waals surface area contributed by atoms with Crippen molar-refractivity contribution < 1.29 is 32.3 Å². The highest BCUT2D eigenvalue weighted by molar-refractivity contribution is 7.99. The Bertz CT molecular complexity index is 2260. The number of rotatable bonds is 17. The third-order valence-corrected chi connectivity index (χ3v) is 11.7. The number of sulfonamides is 1. The molecule has 1 aliphatic rings. The van der Waals surface area contributed by atoms with Crippen LogP contribution in [0.15, 0.2) is 113 Å². The van der Waals surface area contributed by atoms with Gasteiger partial charge in [0.25, 0.3) is 21.6 Å². The number of benzene rings is 4. The Morgan fingerprint density at radius 2 is 1.60 bits per heavy atom. The van der Waals surface area contributed by atoms with Gasteiger partial charge in [0, 0.05) is 79.0 Å². The van der Waals surface area contributed by atoms with Crippen LogP contribution in [0.3, 0.4) is 0 Å². The van der Waals surface area contributed by atoms with Crippen molar-refractivity contribution in [2.75, 3.05) is 69.5 Å². The first-order valence-electron chi connectivity index (χ1n) is 18.3. The molecule has 4 aromatic carbocycles. The lowest BCUT2D eigenvalue weighted by atomic mass is 10.0. The number of carbonyl (C=O) groups excluding carboxylic acids is 1. The minimum absolute atomic E-state index is 0.132. The fraction of sp³-hybridized carbons (Fsp3) is 0.268. The lowest BCUT2D eigenvalue weighted by Crippen LogP contribution is -2.46. The minimum atomic E-state index is -4.41. The smallest absolute Gasteiger partial charge is 0.293 e. The van der Waals surface area contributed by atoms with Gasteiger partial charge in [0.1, 0.15) is 22.9 Å². The molecule has 0 aliphatic carbocycles. The van der Waals surface area contributed by atoms with Crippen molar-refractivity contribution in [3.05, 3.63) is 125 Å².